The summed E-state index contributed by atoms with van der Waals surface area (Å²) in [5.41, 5.74) is 0.615. The highest BCUT2D eigenvalue weighted by atomic mass is 16.5. The maximum absolute atomic E-state index is 13.5. The van der Waals surface area contributed by atoms with Gasteiger partial charge in [-0.25, -0.2) is 0 Å². The Labute approximate surface area is 286 Å². The van der Waals surface area contributed by atoms with E-state index < -0.39 is 47.7 Å². The lowest BCUT2D eigenvalue weighted by Gasteiger charge is -2.29. The quantitative estimate of drug-likeness (QED) is 0.230. The first-order valence-corrected chi connectivity index (χ1v) is 16.4. The van der Waals surface area contributed by atoms with Crippen LogP contribution in [0.5, 0.6) is 11.5 Å². The summed E-state index contributed by atoms with van der Waals surface area (Å²) < 4.78 is 11.2. The van der Waals surface area contributed by atoms with Crippen molar-refractivity contribution >= 4 is 29.5 Å². The first-order chi connectivity index (χ1) is 23.6. The van der Waals surface area contributed by atoms with Crippen molar-refractivity contribution < 1.29 is 33.4 Å². The van der Waals surface area contributed by atoms with Crippen molar-refractivity contribution in [3.05, 3.63) is 95.6 Å². The molecule has 0 unspecified atom stereocenters. The Morgan fingerprint density at radius 2 is 1.67 bits per heavy atom. The number of para-hydroxylation sites is 1. The van der Waals surface area contributed by atoms with E-state index in [1.165, 1.54) is 13.8 Å². The summed E-state index contributed by atoms with van der Waals surface area (Å²) >= 11 is 0. The van der Waals surface area contributed by atoms with Crippen LogP contribution >= 0.6 is 0 Å². The zero-order valence-corrected chi connectivity index (χ0v) is 28.2. The smallest absolute Gasteiger partial charge is 0.255 e. The van der Waals surface area contributed by atoms with Crippen molar-refractivity contribution in [1.29, 1.82) is 0 Å². The van der Waals surface area contributed by atoms with E-state index in [0.29, 0.717) is 31.6 Å². The molecule has 3 aromatic carbocycles. The van der Waals surface area contributed by atoms with Gasteiger partial charge in [0.1, 0.15) is 29.1 Å². The van der Waals surface area contributed by atoms with E-state index in [1.54, 1.807) is 31.4 Å². The predicted octanol–water partition coefficient (Wildman–Crippen LogP) is 2.45. The van der Waals surface area contributed by atoms with E-state index in [4.69, 9.17) is 9.47 Å². The lowest BCUT2D eigenvalue weighted by molar-refractivity contribution is -0.135. The van der Waals surface area contributed by atoms with Gasteiger partial charge in [0.25, 0.3) is 5.91 Å². The molecule has 1 aliphatic rings. The molecule has 0 saturated carbocycles. The van der Waals surface area contributed by atoms with Gasteiger partial charge in [-0.15, -0.1) is 0 Å². The number of benzene rings is 3. The first-order valence-electron chi connectivity index (χ1n) is 16.4. The number of hydrogen-bond acceptors (Lipinski definition) is 7. The topological polar surface area (TPSA) is 164 Å². The highest BCUT2D eigenvalue weighted by Gasteiger charge is 2.35. The fraction of sp³-hybridized carbons (Fsp3) is 0.378. The Balaban J connectivity index is 1.52. The minimum atomic E-state index is -1.46. The summed E-state index contributed by atoms with van der Waals surface area (Å²) in [5.74, 6) is -1.74. The molecule has 1 heterocycles. The predicted molar refractivity (Wildman–Crippen MR) is 184 cm³/mol. The molecular weight excluding hydrogens is 626 g/mol. The summed E-state index contributed by atoms with van der Waals surface area (Å²) in [6.07, 6.45) is 1.50. The molecule has 5 N–H and O–H groups in total. The summed E-state index contributed by atoms with van der Waals surface area (Å²) in [6, 6.07) is 21.3. The normalized spacial score (nSPS) is 18.9. The van der Waals surface area contributed by atoms with Crippen molar-refractivity contribution in [2.45, 2.75) is 63.6 Å². The number of nitrogens with one attached hydrogen (secondary N) is 5. The van der Waals surface area contributed by atoms with Crippen LogP contribution in [0.25, 0.3) is 0 Å². The van der Waals surface area contributed by atoms with Crippen LogP contribution in [0.15, 0.2) is 78.9 Å². The van der Waals surface area contributed by atoms with Gasteiger partial charge in [-0.1, -0.05) is 54.6 Å². The molecule has 2 atom stereocenters. The zero-order valence-electron chi connectivity index (χ0n) is 28.2. The Hall–Kier alpha value is -5.39. The largest absolute Gasteiger partial charge is 0.497 e. The van der Waals surface area contributed by atoms with Gasteiger partial charge >= 0.3 is 0 Å². The average molecular weight is 672 g/mol. The number of carbonyl (C=O) groups is 5. The number of carbonyl (C=O) groups excluding carboxylic acids is 5. The third-order valence-electron chi connectivity index (χ3n) is 8.02. The van der Waals surface area contributed by atoms with Crippen LogP contribution in [-0.2, 0) is 32.0 Å². The molecule has 12 nitrogen and oxygen atoms in total. The summed E-state index contributed by atoms with van der Waals surface area (Å²) in [7, 11) is 1.60. The van der Waals surface area contributed by atoms with Crippen molar-refractivity contribution in [1.82, 2.24) is 26.6 Å². The van der Waals surface area contributed by atoms with Gasteiger partial charge in [0, 0.05) is 19.5 Å². The maximum Gasteiger partial charge on any atom is 0.255 e. The van der Waals surface area contributed by atoms with E-state index in [-0.39, 0.29) is 31.0 Å². The summed E-state index contributed by atoms with van der Waals surface area (Å²) in [5, 5.41) is 13.8. The van der Waals surface area contributed by atoms with Crippen molar-refractivity contribution in [2.24, 2.45) is 0 Å². The van der Waals surface area contributed by atoms with Crippen LogP contribution in [0.4, 0.5) is 0 Å². The molecule has 1 aliphatic heterocycles. The number of hydrogen-bond donors (Lipinski definition) is 5. The Kier molecular flexibility index (Phi) is 13.1. The Morgan fingerprint density at radius 3 is 2.45 bits per heavy atom. The zero-order chi connectivity index (χ0) is 35.2. The minimum Gasteiger partial charge on any atom is -0.497 e. The van der Waals surface area contributed by atoms with E-state index in [0.717, 1.165) is 16.9 Å². The summed E-state index contributed by atoms with van der Waals surface area (Å²) in [4.78, 5) is 67.0. The van der Waals surface area contributed by atoms with Crippen molar-refractivity contribution in [2.75, 3.05) is 26.8 Å². The lowest BCUT2D eigenvalue weighted by atomic mass is 10.00. The van der Waals surface area contributed by atoms with Gasteiger partial charge in [0.2, 0.25) is 23.6 Å². The number of fused-ring (bicyclic) bond motifs is 1. The van der Waals surface area contributed by atoms with E-state index >= 15 is 0 Å². The summed E-state index contributed by atoms with van der Waals surface area (Å²) in [6.45, 7) is 3.76. The second-order valence-electron chi connectivity index (χ2n) is 12.4. The SMILES string of the molecule is COc1cccc(CCCNC(=O)[C@@H]2CC(=O)NC(C)(C)C(=O)N[C@@H](Cc3ccccc3)C(=O)NCCCOc3ccccc3C(=O)N2)c1. The lowest BCUT2D eigenvalue weighted by Crippen LogP contribution is -2.60. The van der Waals surface area contributed by atoms with Gasteiger partial charge in [0.05, 0.1) is 25.7 Å². The molecule has 0 aromatic heterocycles. The van der Waals surface area contributed by atoms with Gasteiger partial charge < -0.3 is 36.1 Å². The number of rotatable bonds is 8. The van der Waals surface area contributed by atoms with Crippen LogP contribution in [0.3, 0.4) is 0 Å². The molecule has 260 valence electrons. The first kappa shape index (κ1) is 36.4. The number of aryl methyl sites for hydroxylation is 1. The average Bonchev–Trinajstić information content (AvgIpc) is 3.09. The Morgan fingerprint density at radius 1 is 0.939 bits per heavy atom. The fourth-order valence-corrected chi connectivity index (χ4v) is 5.31. The molecule has 5 amide bonds. The second kappa shape index (κ2) is 17.7. The molecular formula is C37H45N5O7. The molecule has 0 spiro atoms. The minimum absolute atomic E-state index is 0.187. The second-order valence-corrected chi connectivity index (χ2v) is 12.4. The van der Waals surface area contributed by atoms with Crippen LogP contribution in [0.1, 0.15) is 54.6 Å². The number of amides is 5. The number of methoxy groups -OCH3 is 1. The van der Waals surface area contributed by atoms with Gasteiger partial charge in [0.15, 0.2) is 0 Å². The maximum atomic E-state index is 13.5. The molecule has 12 heteroatoms. The standard InChI is InChI=1S/C37H45N5O7/c1-37(2)36(47)41-29(23-26-12-5-4-6-13-26)34(45)39-20-11-21-49-31-18-8-7-17-28(31)33(44)40-30(24-32(43)42-37)35(46)38-19-10-15-25-14-9-16-27(22-25)48-3/h4-9,12-14,16-18,22,29-30H,10-11,15,19-21,23-24H2,1-3H3,(H,38,46)(H,39,45)(H,40,44)(H,41,47)(H,42,43)/t29-,30-/m0/s1. The van der Waals surface area contributed by atoms with Crippen LogP contribution in [0, 0.1) is 0 Å². The van der Waals surface area contributed by atoms with E-state index in [9.17, 15) is 24.0 Å². The molecule has 0 saturated heterocycles. The Bertz CT molecular complexity index is 1610. The number of ether oxygens (including phenoxy) is 2. The highest BCUT2D eigenvalue weighted by molar-refractivity contribution is 6.01. The molecule has 0 aliphatic carbocycles. The molecule has 49 heavy (non-hydrogen) atoms. The molecule has 0 radical (unpaired) electrons. The van der Waals surface area contributed by atoms with Gasteiger partial charge in [-0.2, -0.15) is 0 Å². The van der Waals surface area contributed by atoms with E-state index in [2.05, 4.69) is 26.6 Å². The molecule has 0 bridgehead atoms. The van der Waals surface area contributed by atoms with Gasteiger partial charge in [-0.05, 0) is 68.5 Å². The third kappa shape index (κ3) is 11.1. The molecule has 4 rings (SSSR count). The van der Waals surface area contributed by atoms with Crippen molar-refractivity contribution in [3.63, 3.8) is 0 Å². The fourth-order valence-electron chi connectivity index (χ4n) is 5.31. The monoisotopic (exact) mass is 671 g/mol. The van der Waals surface area contributed by atoms with Crippen LogP contribution in [-0.4, -0.2) is 74.0 Å². The highest BCUT2D eigenvalue weighted by Crippen LogP contribution is 2.19. The van der Waals surface area contributed by atoms with Crippen molar-refractivity contribution in [3.8, 4) is 11.5 Å². The van der Waals surface area contributed by atoms with Gasteiger partial charge in [-0.3, -0.25) is 24.0 Å². The third-order valence-corrected chi connectivity index (χ3v) is 8.02. The van der Waals surface area contributed by atoms with E-state index in [1.807, 2.05) is 54.6 Å². The molecule has 3 aromatic rings. The van der Waals surface area contributed by atoms with Crippen LogP contribution < -0.4 is 36.1 Å². The van der Waals surface area contributed by atoms with Crippen LogP contribution in [0.2, 0.25) is 0 Å². The molecule has 0 fully saturated rings.